The predicted molar refractivity (Wildman–Crippen MR) is 74.0 cm³/mol. The average molecular weight is 290 g/mol. The van der Waals surface area contributed by atoms with Gasteiger partial charge in [0.2, 0.25) is 11.7 Å². The Hall–Kier alpha value is -2.18. The van der Waals surface area contributed by atoms with Crippen LogP contribution in [0.4, 0.5) is 0 Å². The molecule has 20 heavy (non-hydrogen) atoms. The summed E-state index contributed by atoms with van der Waals surface area (Å²) in [6.07, 6.45) is 3.48. The van der Waals surface area contributed by atoms with Crippen molar-refractivity contribution in [3.63, 3.8) is 0 Å². The van der Waals surface area contributed by atoms with Crippen molar-refractivity contribution in [1.29, 1.82) is 0 Å². The van der Waals surface area contributed by atoms with Crippen LogP contribution >= 0.6 is 11.6 Å². The molecule has 0 bridgehead atoms. The molecular formula is C13H12ClN5O. The molecule has 1 aromatic carbocycles. The van der Waals surface area contributed by atoms with Gasteiger partial charge in [-0.05, 0) is 12.1 Å². The van der Waals surface area contributed by atoms with Crippen molar-refractivity contribution >= 4 is 11.6 Å². The molecule has 0 aliphatic carbocycles. The van der Waals surface area contributed by atoms with Gasteiger partial charge in [-0.2, -0.15) is 10.1 Å². The fraction of sp³-hybridized carbons (Fsp3) is 0.154. The highest BCUT2D eigenvalue weighted by atomic mass is 35.5. The molecule has 0 spiro atoms. The summed E-state index contributed by atoms with van der Waals surface area (Å²) in [4.78, 5) is 4.30. The largest absolute Gasteiger partial charge is 0.337 e. The fourth-order valence-corrected chi connectivity index (χ4v) is 2.08. The number of rotatable bonds is 3. The third-order valence-corrected chi connectivity index (χ3v) is 3.24. The van der Waals surface area contributed by atoms with Crippen LogP contribution in [0.5, 0.6) is 0 Å². The van der Waals surface area contributed by atoms with Gasteiger partial charge < -0.3 is 10.3 Å². The van der Waals surface area contributed by atoms with Crippen molar-refractivity contribution in [2.45, 2.75) is 6.04 Å². The van der Waals surface area contributed by atoms with Gasteiger partial charge in [0.05, 0.1) is 11.2 Å². The molecule has 2 heterocycles. The van der Waals surface area contributed by atoms with E-state index < -0.39 is 6.04 Å². The van der Waals surface area contributed by atoms with Gasteiger partial charge in [-0.1, -0.05) is 28.9 Å². The monoisotopic (exact) mass is 289 g/mol. The number of hydrogen-bond acceptors (Lipinski definition) is 5. The second-order valence-electron chi connectivity index (χ2n) is 4.36. The van der Waals surface area contributed by atoms with Gasteiger partial charge in [-0.15, -0.1) is 0 Å². The Morgan fingerprint density at radius 3 is 2.85 bits per heavy atom. The first-order chi connectivity index (χ1) is 9.65. The van der Waals surface area contributed by atoms with Gasteiger partial charge in [0.1, 0.15) is 6.04 Å². The van der Waals surface area contributed by atoms with Crippen molar-refractivity contribution in [3.05, 3.63) is 53.1 Å². The Labute approximate surface area is 120 Å². The zero-order valence-corrected chi connectivity index (χ0v) is 11.4. The molecule has 1 unspecified atom stereocenters. The van der Waals surface area contributed by atoms with Gasteiger partial charge in [-0.3, -0.25) is 4.68 Å². The van der Waals surface area contributed by atoms with Crippen molar-refractivity contribution in [2.24, 2.45) is 12.8 Å². The summed E-state index contributed by atoms with van der Waals surface area (Å²) in [5, 5.41) is 8.56. The standard InChI is InChI=1S/C13H12ClN5O/c1-19-7-8(6-16-19)11(15)13-17-12(18-20-13)9-4-2-3-5-10(9)14/h2-7,11H,15H2,1H3. The van der Waals surface area contributed by atoms with E-state index in [9.17, 15) is 0 Å². The van der Waals surface area contributed by atoms with E-state index in [1.807, 2.05) is 31.4 Å². The third-order valence-electron chi connectivity index (χ3n) is 2.91. The summed E-state index contributed by atoms with van der Waals surface area (Å²) in [7, 11) is 1.82. The van der Waals surface area contributed by atoms with Gasteiger partial charge >= 0.3 is 0 Å². The molecule has 0 saturated heterocycles. The zero-order chi connectivity index (χ0) is 14.1. The lowest BCUT2D eigenvalue weighted by Crippen LogP contribution is -2.11. The molecule has 102 valence electrons. The number of aromatic nitrogens is 4. The second-order valence-corrected chi connectivity index (χ2v) is 4.77. The Bertz CT molecular complexity index is 736. The first kappa shape index (κ1) is 12.8. The molecule has 0 amide bonds. The molecule has 0 fully saturated rings. The molecule has 0 aliphatic rings. The maximum absolute atomic E-state index is 6.10. The van der Waals surface area contributed by atoms with E-state index in [0.29, 0.717) is 22.3 Å². The number of aryl methyl sites for hydroxylation is 1. The number of benzene rings is 1. The minimum Gasteiger partial charge on any atom is -0.337 e. The van der Waals surface area contributed by atoms with Crippen LogP contribution in [-0.4, -0.2) is 19.9 Å². The number of nitrogens with two attached hydrogens (primary N) is 1. The quantitative estimate of drug-likeness (QED) is 0.799. The molecule has 3 rings (SSSR count). The van der Waals surface area contributed by atoms with E-state index in [0.717, 1.165) is 5.56 Å². The minimum absolute atomic E-state index is 0.327. The minimum atomic E-state index is -0.507. The van der Waals surface area contributed by atoms with E-state index in [-0.39, 0.29) is 0 Å². The number of halogens is 1. The van der Waals surface area contributed by atoms with Crippen LogP contribution in [0.3, 0.4) is 0 Å². The van der Waals surface area contributed by atoms with E-state index >= 15 is 0 Å². The predicted octanol–water partition coefficient (Wildman–Crippen LogP) is 2.17. The van der Waals surface area contributed by atoms with Crippen LogP contribution in [0.2, 0.25) is 5.02 Å². The summed E-state index contributed by atoms with van der Waals surface area (Å²) in [6.45, 7) is 0. The van der Waals surface area contributed by atoms with Gasteiger partial charge in [-0.25, -0.2) is 0 Å². The van der Waals surface area contributed by atoms with E-state index in [4.69, 9.17) is 21.9 Å². The van der Waals surface area contributed by atoms with Crippen molar-refractivity contribution in [1.82, 2.24) is 19.9 Å². The van der Waals surface area contributed by atoms with Crippen LogP contribution in [-0.2, 0) is 7.05 Å². The number of hydrogen-bond donors (Lipinski definition) is 1. The Morgan fingerprint density at radius 1 is 1.35 bits per heavy atom. The topological polar surface area (TPSA) is 82.8 Å². The highest BCUT2D eigenvalue weighted by molar-refractivity contribution is 6.33. The van der Waals surface area contributed by atoms with E-state index in [2.05, 4.69) is 15.2 Å². The first-order valence-electron chi connectivity index (χ1n) is 5.98. The van der Waals surface area contributed by atoms with Gasteiger partial charge in [0.25, 0.3) is 0 Å². The SMILES string of the molecule is Cn1cc(C(N)c2nc(-c3ccccc3Cl)no2)cn1. The maximum Gasteiger partial charge on any atom is 0.248 e. The van der Waals surface area contributed by atoms with Crippen molar-refractivity contribution in [2.75, 3.05) is 0 Å². The summed E-state index contributed by atoms with van der Waals surface area (Å²) in [6, 6.07) is 6.79. The van der Waals surface area contributed by atoms with E-state index in [1.54, 1.807) is 16.9 Å². The molecule has 2 aromatic heterocycles. The molecular weight excluding hydrogens is 278 g/mol. The fourth-order valence-electron chi connectivity index (χ4n) is 1.86. The normalized spacial score (nSPS) is 12.6. The van der Waals surface area contributed by atoms with Crippen LogP contribution < -0.4 is 5.73 Å². The molecule has 7 heteroatoms. The van der Waals surface area contributed by atoms with Crippen LogP contribution in [0.25, 0.3) is 11.4 Å². The Kier molecular flexibility index (Phi) is 3.25. The highest BCUT2D eigenvalue weighted by Crippen LogP contribution is 2.26. The lowest BCUT2D eigenvalue weighted by atomic mass is 10.2. The van der Waals surface area contributed by atoms with E-state index in [1.165, 1.54) is 0 Å². The van der Waals surface area contributed by atoms with Crippen LogP contribution in [0, 0.1) is 0 Å². The molecule has 0 aliphatic heterocycles. The summed E-state index contributed by atoms with van der Waals surface area (Å²) in [5.74, 6) is 0.748. The molecule has 2 N–H and O–H groups in total. The van der Waals surface area contributed by atoms with Crippen molar-refractivity contribution < 1.29 is 4.52 Å². The number of nitrogens with zero attached hydrogens (tertiary/aromatic N) is 4. The van der Waals surface area contributed by atoms with Crippen LogP contribution in [0.15, 0.2) is 41.2 Å². The Balaban J connectivity index is 1.93. The van der Waals surface area contributed by atoms with Gasteiger partial charge in [0, 0.05) is 24.4 Å². The molecule has 0 radical (unpaired) electrons. The maximum atomic E-state index is 6.10. The smallest absolute Gasteiger partial charge is 0.248 e. The average Bonchev–Trinajstić information content (AvgIpc) is 3.07. The second kappa shape index (κ2) is 5.07. The van der Waals surface area contributed by atoms with Gasteiger partial charge in [0.15, 0.2) is 0 Å². The lowest BCUT2D eigenvalue weighted by molar-refractivity contribution is 0.367. The molecule has 6 nitrogen and oxygen atoms in total. The highest BCUT2D eigenvalue weighted by Gasteiger charge is 2.19. The zero-order valence-electron chi connectivity index (χ0n) is 10.7. The summed E-state index contributed by atoms with van der Waals surface area (Å²) < 4.78 is 6.88. The summed E-state index contributed by atoms with van der Waals surface area (Å²) in [5.41, 5.74) is 7.59. The first-order valence-corrected chi connectivity index (χ1v) is 6.35. The third kappa shape index (κ3) is 2.31. The van der Waals surface area contributed by atoms with Crippen molar-refractivity contribution in [3.8, 4) is 11.4 Å². The molecule has 3 aromatic rings. The van der Waals surface area contributed by atoms with Crippen LogP contribution in [0.1, 0.15) is 17.5 Å². The Morgan fingerprint density at radius 2 is 2.15 bits per heavy atom. The molecule has 1 atom stereocenters. The lowest BCUT2D eigenvalue weighted by Gasteiger charge is -2.01. The summed E-state index contributed by atoms with van der Waals surface area (Å²) >= 11 is 6.10. The molecule has 0 saturated carbocycles.